The minimum absolute atomic E-state index is 0.0984. The van der Waals surface area contributed by atoms with Crippen LogP contribution in [0.1, 0.15) is 20.3 Å². The molecule has 0 atom stereocenters. The molecule has 0 bridgehead atoms. The van der Waals surface area contributed by atoms with Crippen LogP contribution in [0.3, 0.4) is 0 Å². The Bertz CT molecular complexity index is 539. The zero-order valence-corrected chi connectivity index (χ0v) is 12.5. The average Bonchev–Trinajstić information content (AvgIpc) is 2.41. The molecule has 0 spiro atoms. The number of halogens is 2. The van der Waals surface area contributed by atoms with Crippen molar-refractivity contribution in [2.75, 3.05) is 24.6 Å². The number of rotatable bonds is 7. The molecule has 0 fully saturated rings. The SMILES string of the molecule is CCCN(CC(=O)OCC)c1cc(Cl)c(F)cc1[N+](=O)[O-]. The molecule has 0 unspecified atom stereocenters. The van der Waals surface area contributed by atoms with E-state index < -0.39 is 22.4 Å². The Morgan fingerprint density at radius 2 is 2.14 bits per heavy atom. The molecule has 1 aromatic rings. The predicted octanol–water partition coefficient (Wildman–Crippen LogP) is 3.17. The quantitative estimate of drug-likeness (QED) is 0.438. The number of benzene rings is 1. The normalized spacial score (nSPS) is 10.3. The Kier molecular flexibility index (Phi) is 6.36. The number of nitro benzene ring substituents is 1. The zero-order valence-electron chi connectivity index (χ0n) is 11.8. The minimum atomic E-state index is -0.875. The van der Waals surface area contributed by atoms with E-state index in [1.54, 1.807) is 6.92 Å². The van der Waals surface area contributed by atoms with Gasteiger partial charge in [-0.25, -0.2) is 4.39 Å². The molecule has 8 heteroatoms. The Morgan fingerprint density at radius 3 is 2.67 bits per heavy atom. The number of hydrogen-bond donors (Lipinski definition) is 0. The first kappa shape index (κ1) is 17.2. The van der Waals surface area contributed by atoms with Crippen molar-refractivity contribution in [1.29, 1.82) is 0 Å². The molecule has 0 aliphatic heterocycles. The number of carbonyl (C=O) groups is 1. The lowest BCUT2D eigenvalue weighted by Gasteiger charge is -2.23. The van der Waals surface area contributed by atoms with Crippen LogP contribution in [0.25, 0.3) is 0 Å². The summed E-state index contributed by atoms with van der Waals surface area (Å²) >= 11 is 5.69. The van der Waals surface area contributed by atoms with Crippen molar-refractivity contribution in [2.45, 2.75) is 20.3 Å². The van der Waals surface area contributed by atoms with Crippen molar-refractivity contribution in [3.8, 4) is 0 Å². The molecule has 116 valence electrons. The summed E-state index contributed by atoms with van der Waals surface area (Å²) in [4.78, 5) is 23.4. The first-order valence-corrected chi connectivity index (χ1v) is 6.82. The van der Waals surface area contributed by atoms with Crippen molar-refractivity contribution < 1.29 is 18.8 Å². The van der Waals surface area contributed by atoms with Gasteiger partial charge in [0.15, 0.2) is 0 Å². The second kappa shape index (κ2) is 7.78. The number of nitro groups is 1. The van der Waals surface area contributed by atoms with Gasteiger partial charge in [0, 0.05) is 6.54 Å². The molecule has 0 saturated carbocycles. The van der Waals surface area contributed by atoms with Gasteiger partial charge < -0.3 is 9.64 Å². The fourth-order valence-corrected chi connectivity index (χ4v) is 2.00. The maximum Gasteiger partial charge on any atom is 0.325 e. The van der Waals surface area contributed by atoms with Gasteiger partial charge in [-0.1, -0.05) is 18.5 Å². The Balaban J connectivity index is 3.20. The van der Waals surface area contributed by atoms with E-state index in [4.69, 9.17) is 16.3 Å². The summed E-state index contributed by atoms with van der Waals surface area (Å²) in [5.74, 6) is -1.39. The van der Waals surface area contributed by atoms with Gasteiger partial charge in [0.2, 0.25) is 0 Å². The maximum absolute atomic E-state index is 13.4. The van der Waals surface area contributed by atoms with Crippen molar-refractivity contribution in [2.24, 2.45) is 0 Å². The first-order valence-electron chi connectivity index (χ1n) is 6.44. The predicted molar refractivity (Wildman–Crippen MR) is 77.2 cm³/mol. The van der Waals surface area contributed by atoms with Crippen LogP contribution < -0.4 is 4.90 Å². The second-order valence-electron chi connectivity index (χ2n) is 4.24. The average molecular weight is 319 g/mol. The van der Waals surface area contributed by atoms with E-state index in [9.17, 15) is 19.3 Å². The number of carbonyl (C=O) groups excluding carboxylic acids is 1. The van der Waals surface area contributed by atoms with Crippen LogP contribution in [-0.2, 0) is 9.53 Å². The fraction of sp³-hybridized carbons (Fsp3) is 0.462. The maximum atomic E-state index is 13.4. The Hall–Kier alpha value is -1.89. The van der Waals surface area contributed by atoms with Crippen LogP contribution in [0.5, 0.6) is 0 Å². The fourth-order valence-electron chi connectivity index (χ4n) is 1.84. The molecule has 0 aliphatic carbocycles. The van der Waals surface area contributed by atoms with Gasteiger partial charge in [-0.15, -0.1) is 0 Å². The van der Waals surface area contributed by atoms with Gasteiger partial charge in [-0.2, -0.15) is 0 Å². The Labute approximate surface area is 126 Å². The van der Waals surface area contributed by atoms with Crippen LogP contribution in [0.4, 0.5) is 15.8 Å². The molecule has 0 amide bonds. The van der Waals surface area contributed by atoms with Gasteiger partial charge in [0.1, 0.15) is 18.0 Å². The highest BCUT2D eigenvalue weighted by molar-refractivity contribution is 6.31. The van der Waals surface area contributed by atoms with Crippen LogP contribution >= 0.6 is 11.6 Å². The lowest BCUT2D eigenvalue weighted by Crippen LogP contribution is -2.32. The molecule has 1 rings (SSSR count). The monoisotopic (exact) mass is 318 g/mol. The highest BCUT2D eigenvalue weighted by Gasteiger charge is 2.24. The second-order valence-corrected chi connectivity index (χ2v) is 4.65. The number of hydrogen-bond acceptors (Lipinski definition) is 5. The van der Waals surface area contributed by atoms with Crippen molar-refractivity contribution in [1.82, 2.24) is 0 Å². The third kappa shape index (κ3) is 4.56. The van der Waals surface area contributed by atoms with Crippen LogP contribution in [0, 0.1) is 15.9 Å². The molecule has 1 aromatic carbocycles. The van der Waals surface area contributed by atoms with Crippen molar-refractivity contribution in [3.63, 3.8) is 0 Å². The minimum Gasteiger partial charge on any atom is -0.465 e. The van der Waals surface area contributed by atoms with Gasteiger partial charge in [-0.05, 0) is 19.4 Å². The third-order valence-electron chi connectivity index (χ3n) is 2.67. The highest BCUT2D eigenvalue weighted by atomic mass is 35.5. The van der Waals surface area contributed by atoms with E-state index in [0.717, 1.165) is 12.1 Å². The van der Waals surface area contributed by atoms with E-state index in [0.29, 0.717) is 13.0 Å². The number of anilines is 1. The molecule has 0 aromatic heterocycles. The van der Waals surface area contributed by atoms with E-state index in [1.165, 1.54) is 4.90 Å². The highest BCUT2D eigenvalue weighted by Crippen LogP contribution is 2.33. The largest absolute Gasteiger partial charge is 0.465 e. The molecule has 0 N–H and O–H groups in total. The first-order chi connectivity index (χ1) is 9.90. The van der Waals surface area contributed by atoms with Gasteiger partial charge in [-0.3, -0.25) is 14.9 Å². The molecule has 0 saturated heterocycles. The van der Waals surface area contributed by atoms with Crippen LogP contribution in [0.15, 0.2) is 12.1 Å². The molecule has 21 heavy (non-hydrogen) atoms. The third-order valence-corrected chi connectivity index (χ3v) is 2.96. The van der Waals surface area contributed by atoms with Gasteiger partial charge in [0.25, 0.3) is 5.69 Å². The molecule has 0 heterocycles. The van der Waals surface area contributed by atoms with E-state index in [2.05, 4.69) is 0 Å². The topological polar surface area (TPSA) is 72.7 Å². The smallest absolute Gasteiger partial charge is 0.325 e. The van der Waals surface area contributed by atoms with Crippen LogP contribution in [-0.4, -0.2) is 30.6 Å². The number of esters is 1. The van der Waals surface area contributed by atoms with Crippen molar-refractivity contribution in [3.05, 3.63) is 33.1 Å². The molecule has 6 nitrogen and oxygen atoms in total. The standard InChI is InChI=1S/C13H16ClFN2O4/c1-3-5-16(8-13(18)21-4-2)11-6-9(14)10(15)7-12(11)17(19)20/h6-7H,3-5,8H2,1-2H3. The lowest BCUT2D eigenvalue weighted by atomic mass is 10.2. The zero-order chi connectivity index (χ0) is 16.0. The summed E-state index contributed by atoms with van der Waals surface area (Å²) in [6, 6.07) is 1.91. The summed E-state index contributed by atoms with van der Waals surface area (Å²) in [5.41, 5.74) is -0.337. The molecule has 0 radical (unpaired) electrons. The number of nitrogens with zero attached hydrogens (tertiary/aromatic N) is 2. The van der Waals surface area contributed by atoms with E-state index in [-0.39, 0.29) is 23.9 Å². The summed E-state index contributed by atoms with van der Waals surface area (Å²) in [6.45, 7) is 3.95. The van der Waals surface area contributed by atoms with E-state index >= 15 is 0 Å². The van der Waals surface area contributed by atoms with Gasteiger partial charge in [0.05, 0.1) is 22.6 Å². The summed E-state index contributed by atoms with van der Waals surface area (Å²) in [5, 5.41) is 10.8. The summed E-state index contributed by atoms with van der Waals surface area (Å²) in [7, 11) is 0. The Morgan fingerprint density at radius 1 is 1.48 bits per heavy atom. The molecular formula is C13H16ClFN2O4. The summed E-state index contributed by atoms with van der Waals surface area (Å²) < 4.78 is 18.2. The van der Waals surface area contributed by atoms with Gasteiger partial charge >= 0.3 is 5.97 Å². The van der Waals surface area contributed by atoms with Crippen LogP contribution in [0.2, 0.25) is 5.02 Å². The van der Waals surface area contributed by atoms with E-state index in [1.807, 2.05) is 6.92 Å². The molecular weight excluding hydrogens is 303 g/mol. The lowest BCUT2D eigenvalue weighted by molar-refractivity contribution is -0.384. The number of ether oxygens (including phenoxy) is 1. The summed E-state index contributed by atoms with van der Waals surface area (Å²) in [6.07, 6.45) is 0.644. The van der Waals surface area contributed by atoms with Crippen molar-refractivity contribution >= 4 is 28.9 Å². The molecule has 0 aliphatic rings.